The molecule has 1 aromatic rings. The zero-order chi connectivity index (χ0) is 16.5. The Labute approximate surface area is 135 Å². The molecule has 118 valence electrons. The first-order valence-electron chi connectivity index (χ1n) is 7.04. The highest BCUT2D eigenvalue weighted by Crippen LogP contribution is 2.24. The maximum Gasteiger partial charge on any atom is 0.316 e. The molecule has 0 aliphatic carbocycles. The summed E-state index contributed by atoms with van der Waals surface area (Å²) in [7, 11) is -2.08. The molecule has 1 aliphatic heterocycles. The lowest BCUT2D eigenvalue weighted by atomic mass is 10.1. The van der Waals surface area contributed by atoms with Crippen LogP contribution in [0.25, 0.3) is 0 Å². The maximum atomic E-state index is 12.5. The van der Waals surface area contributed by atoms with E-state index >= 15 is 0 Å². The van der Waals surface area contributed by atoms with E-state index < -0.39 is 26.2 Å². The van der Waals surface area contributed by atoms with Gasteiger partial charge in [-0.3, -0.25) is 19.3 Å². The highest BCUT2D eigenvalue weighted by Gasteiger charge is 2.42. The third kappa shape index (κ3) is 3.75. The summed E-state index contributed by atoms with van der Waals surface area (Å²) < 4.78 is 5.44. The van der Waals surface area contributed by atoms with Gasteiger partial charge in [-0.2, -0.15) is 0 Å². The van der Waals surface area contributed by atoms with E-state index in [0.717, 1.165) is 4.90 Å². The number of likely N-dealkylation sites (tertiary alicyclic amines) is 1. The van der Waals surface area contributed by atoms with Crippen LogP contribution in [0, 0.1) is 0 Å². The molecule has 22 heavy (non-hydrogen) atoms. The fraction of sp³-hybridized carbons (Fsp3) is 0.400. The van der Waals surface area contributed by atoms with Crippen molar-refractivity contribution in [1.82, 2.24) is 4.90 Å². The summed E-state index contributed by atoms with van der Waals surface area (Å²) in [6.45, 7) is 5.65. The highest BCUT2D eigenvalue weighted by atomic mass is 35.5. The molecule has 2 amide bonds. The smallest absolute Gasteiger partial charge is 0.316 e. The van der Waals surface area contributed by atoms with Crippen LogP contribution in [-0.4, -0.2) is 37.0 Å². The van der Waals surface area contributed by atoms with Crippen molar-refractivity contribution < 1.29 is 18.8 Å². The summed E-state index contributed by atoms with van der Waals surface area (Å²) in [5.74, 6) is -1.33. The van der Waals surface area contributed by atoms with Crippen LogP contribution in [0.3, 0.4) is 0 Å². The molecule has 1 aromatic carbocycles. The van der Waals surface area contributed by atoms with E-state index in [2.05, 4.69) is 0 Å². The topological polar surface area (TPSA) is 63.7 Å². The molecule has 0 radical (unpaired) electrons. The van der Waals surface area contributed by atoms with Crippen LogP contribution >= 0.6 is 11.6 Å². The van der Waals surface area contributed by atoms with E-state index in [0.29, 0.717) is 17.0 Å². The van der Waals surface area contributed by atoms with E-state index in [9.17, 15) is 14.4 Å². The van der Waals surface area contributed by atoms with Gasteiger partial charge in [0, 0.05) is 17.0 Å². The van der Waals surface area contributed by atoms with Crippen LogP contribution in [0.1, 0.15) is 23.2 Å². The lowest BCUT2D eigenvalue weighted by Gasteiger charge is -2.25. The Hall–Kier alpha value is -1.66. The van der Waals surface area contributed by atoms with E-state index in [-0.39, 0.29) is 12.3 Å². The minimum absolute atomic E-state index is 0.171. The number of rotatable bonds is 3. The summed E-state index contributed by atoms with van der Waals surface area (Å²) in [6.07, 6.45) is 0.478. The predicted octanol–water partition coefficient (Wildman–Crippen LogP) is 2.85. The number of carbonyl (C=O) groups excluding carboxylic acids is 3. The zero-order valence-electron chi connectivity index (χ0n) is 12.8. The first-order chi connectivity index (χ1) is 10.2. The van der Waals surface area contributed by atoms with Crippen molar-refractivity contribution in [1.29, 1.82) is 0 Å². The SMILES string of the molecule is C[Si](C)(C)OC(=O)C1CCC(=O)N1C(=O)c1ccc(Cl)cc1. The number of benzene rings is 1. The number of halogens is 1. The molecule has 0 saturated carbocycles. The Morgan fingerprint density at radius 2 is 1.82 bits per heavy atom. The van der Waals surface area contributed by atoms with E-state index in [4.69, 9.17) is 16.0 Å². The Morgan fingerprint density at radius 3 is 2.36 bits per heavy atom. The molecule has 1 fully saturated rings. The van der Waals surface area contributed by atoms with Crippen LogP contribution in [0.2, 0.25) is 24.7 Å². The molecule has 1 saturated heterocycles. The van der Waals surface area contributed by atoms with Crippen LogP contribution in [0.5, 0.6) is 0 Å². The molecule has 5 nitrogen and oxygen atoms in total. The monoisotopic (exact) mass is 339 g/mol. The van der Waals surface area contributed by atoms with Gasteiger partial charge in [-0.15, -0.1) is 0 Å². The lowest BCUT2D eigenvalue weighted by Crippen LogP contribution is -2.46. The fourth-order valence-electron chi connectivity index (χ4n) is 2.26. The van der Waals surface area contributed by atoms with E-state index in [1.54, 1.807) is 12.1 Å². The van der Waals surface area contributed by atoms with Gasteiger partial charge in [0.15, 0.2) is 0 Å². The van der Waals surface area contributed by atoms with Crippen molar-refractivity contribution in [3.63, 3.8) is 0 Å². The van der Waals surface area contributed by atoms with Crippen molar-refractivity contribution in [2.45, 2.75) is 38.5 Å². The van der Waals surface area contributed by atoms with Crippen LogP contribution in [-0.2, 0) is 14.0 Å². The van der Waals surface area contributed by atoms with Crippen molar-refractivity contribution in [2.24, 2.45) is 0 Å². The number of carbonyl (C=O) groups is 3. The first-order valence-corrected chi connectivity index (χ1v) is 10.8. The molecule has 2 rings (SSSR count). The van der Waals surface area contributed by atoms with Gasteiger partial charge in [-0.25, -0.2) is 0 Å². The number of nitrogens with zero attached hydrogens (tertiary/aromatic N) is 1. The summed E-state index contributed by atoms with van der Waals surface area (Å²) in [6, 6.07) is 5.39. The molecule has 0 bridgehead atoms. The first kappa shape index (κ1) is 16.7. The Morgan fingerprint density at radius 1 is 1.23 bits per heavy atom. The van der Waals surface area contributed by atoms with Crippen molar-refractivity contribution in [3.8, 4) is 0 Å². The minimum atomic E-state index is -2.08. The summed E-state index contributed by atoms with van der Waals surface area (Å²) in [4.78, 5) is 37.8. The molecule has 1 atom stereocenters. The number of hydrogen-bond acceptors (Lipinski definition) is 4. The second-order valence-electron chi connectivity index (χ2n) is 6.16. The molecule has 0 spiro atoms. The maximum absolute atomic E-state index is 12.5. The molecule has 7 heteroatoms. The average molecular weight is 340 g/mol. The van der Waals surface area contributed by atoms with Gasteiger partial charge in [0.25, 0.3) is 5.91 Å². The van der Waals surface area contributed by atoms with Gasteiger partial charge >= 0.3 is 5.97 Å². The number of amides is 2. The summed E-state index contributed by atoms with van der Waals surface area (Å²) in [5, 5.41) is 0.499. The normalized spacial score (nSPS) is 18.5. The summed E-state index contributed by atoms with van der Waals surface area (Å²) >= 11 is 5.80. The fourth-order valence-corrected chi connectivity index (χ4v) is 3.13. The molecule has 1 aliphatic rings. The van der Waals surface area contributed by atoms with Gasteiger partial charge in [0.2, 0.25) is 14.2 Å². The van der Waals surface area contributed by atoms with Gasteiger partial charge in [-0.05, 0) is 50.3 Å². The zero-order valence-corrected chi connectivity index (χ0v) is 14.5. The van der Waals surface area contributed by atoms with Crippen LogP contribution in [0.4, 0.5) is 0 Å². The molecular weight excluding hydrogens is 322 g/mol. The average Bonchev–Trinajstić information content (AvgIpc) is 2.79. The van der Waals surface area contributed by atoms with Crippen LogP contribution < -0.4 is 0 Å². The van der Waals surface area contributed by atoms with Gasteiger partial charge in [-0.1, -0.05) is 11.6 Å². The van der Waals surface area contributed by atoms with Crippen molar-refractivity contribution >= 4 is 37.7 Å². The molecule has 0 aromatic heterocycles. The van der Waals surface area contributed by atoms with E-state index in [1.807, 2.05) is 19.6 Å². The van der Waals surface area contributed by atoms with Crippen LogP contribution in [0.15, 0.2) is 24.3 Å². The third-order valence-corrected chi connectivity index (χ3v) is 4.27. The largest absolute Gasteiger partial charge is 0.518 e. The predicted molar refractivity (Wildman–Crippen MR) is 85.1 cm³/mol. The second kappa shape index (κ2) is 6.22. The van der Waals surface area contributed by atoms with Crippen molar-refractivity contribution in [2.75, 3.05) is 0 Å². The molecule has 1 heterocycles. The van der Waals surface area contributed by atoms with Gasteiger partial charge in [0.05, 0.1) is 0 Å². The molecule has 1 unspecified atom stereocenters. The summed E-state index contributed by atoms with van der Waals surface area (Å²) in [5.41, 5.74) is 0.324. The molecular formula is C15H18ClNO4Si. The second-order valence-corrected chi connectivity index (χ2v) is 11.0. The Kier molecular flexibility index (Phi) is 4.72. The lowest BCUT2D eigenvalue weighted by molar-refractivity contribution is -0.142. The van der Waals surface area contributed by atoms with Gasteiger partial charge < -0.3 is 4.43 Å². The Bertz CT molecular complexity index is 609. The van der Waals surface area contributed by atoms with Gasteiger partial charge in [0.1, 0.15) is 6.04 Å². The third-order valence-electron chi connectivity index (χ3n) is 3.20. The number of imide groups is 1. The highest BCUT2D eigenvalue weighted by molar-refractivity contribution is 6.71. The van der Waals surface area contributed by atoms with Crippen molar-refractivity contribution in [3.05, 3.63) is 34.9 Å². The molecule has 0 N–H and O–H groups in total. The quantitative estimate of drug-likeness (QED) is 0.627. The minimum Gasteiger partial charge on any atom is -0.518 e. The van der Waals surface area contributed by atoms with E-state index in [1.165, 1.54) is 12.1 Å². The Balaban J connectivity index is 2.22. The number of hydrogen-bond donors (Lipinski definition) is 0. The standard InChI is InChI=1S/C15H18ClNO4Si/c1-22(2,3)21-15(20)12-8-9-13(18)17(12)14(19)10-4-6-11(16)7-5-10/h4-7,12H,8-9H2,1-3H3.